The average Bonchev–Trinajstić information content (AvgIpc) is 2.36. The Bertz CT molecular complexity index is 418. The molecule has 2 unspecified atom stereocenters. The highest BCUT2D eigenvalue weighted by Crippen LogP contribution is 2.38. The Morgan fingerprint density at radius 2 is 1.89 bits per heavy atom. The van der Waals surface area contributed by atoms with Crippen LogP contribution in [0, 0.1) is 5.92 Å². The molecule has 0 radical (unpaired) electrons. The van der Waals surface area contributed by atoms with E-state index in [2.05, 4.69) is 0 Å². The van der Waals surface area contributed by atoms with E-state index in [1.807, 2.05) is 13.8 Å². The summed E-state index contributed by atoms with van der Waals surface area (Å²) in [4.78, 5) is 0. The Hall–Kier alpha value is -1.23. The smallest absolute Gasteiger partial charge is 0.416 e. The van der Waals surface area contributed by atoms with Crippen LogP contribution in [0.15, 0.2) is 18.2 Å². The summed E-state index contributed by atoms with van der Waals surface area (Å²) in [6, 6.07) is 3.60. The van der Waals surface area contributed by atoms with Crippen LogP contribution < -0.4 is 10.5 Å². The first-order valence-electron chi connectivity index (χ1n) is 6.26. The number of hydrogen-bond acceptors (Lipinski definition) is 2. The van der Waals surface area contributed by atoms with E-state index in [9.17, 15) is 13.2 Å². The number of halogens is 3. The van der Waals surface area contributed by atoms with Crippen molar-refractivity contribution >= 4 is 0 Å². The van der Waals surface area contributed by atoms with E-state index in [1.165, 1.54) is 19.2 Å². The molecule has 0 bridgehead atoms. The molecule has 0 amide bonds. The highest BCUT2D eigenvalue weighted by Gasteiger charge is 2.32. The third-order valence-electron chi connectivity index (χ3n) is 3.52. The van der Waals surface area contributed by atoms with Crippen molar-refractivity contribution in [1.82, 2.24) is 0 Å². The van der Waals surface area contributed by atoms with Gasteiger partial charge in [0, 0.05) is 0 Å². The lowest BCUT2D eigenvalue weighted by molar-refractivity contribution is -0.137. The van der Waals surface area contributed by atoms with E-state index in [0.29, 0.717) is 17.9 Å². The van der Waals surface area contributed by atoms with Crippen LogP contribution in [0.3, 0.4) is 0 Å². The predicted octanol–water partition coefficient (Wildman–Crippen LogP) is 3.80. The van der Waals surface area contributed by atoms with Gasteiger partial charge in [-0.05, 0) is 48.6 Å². The minimum absolute atomic E-state index is 0.0409. The summed E-state index contributed by atoms with van der Waals surface area (Å²) in [6.45, 7) is 4.41. The molecule has 0 fully saturated rings. The molecule has 1 aromatic rings. The predicted molar refractivity (Wildman–Crippen MR) is 69.2 cm³/mol. The molecule has 0 saturated heterocycles. The first-order valence-corrected chi connectivity index (χ1v) is 6.26. The Morgan fingerprint density at radius 3 is 2.37 bits per heavy atom. The van der Waals surface area contributed by atoms with Gasteiger partial charge < -0.3 is 10.5 Å². The van der Waals surface area contributed by atoms with Crippen LogP contribution in [0.5, 0.6) is 5.75 Å². The Kier molecular flexibility index (Phi) is 5.23. The average molecular weight is 275 g/mol. The van der Waals surface area contributed by atoms with Crippen molar-refractivity contribution in [2.75, 3.05) is 13.7 Å². The molecule has 19 heavy (non-hydrogen) atoms. The summed E-state index contributed by atoms with van der Waals surface area (Å²) in [5, 5.41) is 0. The monoisotopic (exact) mass is 275 g/mol. The summed E-state index contributed by atoms with van der Waals surface area (Å²) < 4.78 is 43.4. The quantitative estimate of drug-likeness (QED) is 0.887. The van der Waals surface area contributed by atoms with E-state index in [-0.39, 0.29) is 11.8 Å². The molecule has 108 valence electrons. The second kappa shape index (κ2) is 6.28. The molecule has 0 aromatic heterocycles. The Balaban J connectivity index is 3.15. The van der Waals surface area contributed by atoms with Gasteiger partial charge in [-0.2, -0.15) is 13.2 Å². The van der Waals surface area contributed by atoms with Gasteiger partial charge in [0.05, 0.1) is 12.7 Å². The van der Waals surface area contributed by atoms with E-state index >= 15 is 0 Å². The zero-order valence-corrected chi connectivity index (χ0v) is 11.4. The number of alkyl halides is 3. The summed E-state index contributed by atoms with van der Waals surface area (Å²) in [6.07, 6.45) is -3.57. The van der Waals surface area contributed by atoms with Gasteiger partial charge in [-0.15, -0.1) is 0 Å². The topological polar surface area (TPSA) is 35.2 Å². The third-order valence-corrected chi connectivity index (χ3v) is 3.52. The molecule has 2 N–H and O–H groups in total. The fourth-order valence-corrected chi connectivity index (χ4v) is 2.09. The molecular weight excluding hydrogens is 255 g/mol. The van der Waals surface area contributed by atoms with Gasteiger partial charge in [-0.1, -0.05) is 13.8 Å². The molecule has 2 nitrogen and oxygen atoms in total. The highest BCUT2D eigenvalue weighted by atomic mass is 19.4. The Morgan fingerprint density at radius 1 is 1.26 bits per heavy atom. The van der Waals surface area contributed by atoms with E-state index in [0.717, 1.165) is 12.5 Å². The molecule has 0 aliphatic rings. The van der Waals surface area contributed by atoms with Crippen LogP contribution in [0.1, 0.15) is 37.3 Å². The van der Waals surface area contributed by atoms with Crippen molar-refractivity contribution in [3.63, 3.8) is 0 Å². The lowest BCUT2D eigenvalue weighted by Crippen LogP contribution is -2.14. The van der Waals surface area contributed by atoms with Crippen LogP contribution >= 0.6 is 0 Å². The van der Waals surface area contributed by atoms with Crippen LogP contribution in [-0.4, -0.2) is 13.7 Å². The van der Waals surface area contributed by atoms with E-state index in [4.69, 9.17) is 10.5 Å². The highest BCUT2D eigenvalue weighted by molar-refractivity contribution is 5.40. The second-order valence-corrected chi connectivity index (χ2v) is 4.80. The molecule has 0 saturated carbocycles. The largest absolute Gasteiger partial charge is 0.496 e. The normalized spacial score (nSPS) is 15.1. The fraction of sp³-hybridized carbons (Fsp3) is 0.571. The molecule has 1 aromatic carbocycles. The molecular formula is C14H20F3NO. The Labute approximate surface area is 111 Å². The van der Waals surface area contributed by atoms with Gasteiger partial charge in [0.2, 0.25) is 0 Å². The van der Waals surface area contributed by atoms with Crippen molar-refractivity contribution in [2.45, 2.75) is 32.4 Å². The zero-order chi connectivity index (χ0) is 14.6. The summed E-state index contributed by atoms with van der Waals surface area (Å²) >= 11 is 0. The number of ether oxygens (including phenoxy) is 1. The van der Waals surface area contributed by atoms with E-state index in [1.54, 1.807) is 0 Å². The molecule has 0 spiro atoms. The first-order chi connectivity index (χ1) is 8.81. The zero-order valence-electron chi connectivity index (χ0n) is 11.4. The lowest BCUT2D eigenvalue weighted by atomic mass is 9.85. The molecule has 1 rings (SSSR count). The molecule has 5 heteroatoms. The first kappa shape index (κ1) is 15.8. The van der Waals surface area contributed by atoms with Gasteiger partial charge in [-0.25, -0.2) is 0 Å². The lowest BCUT2D eigenvalue weighted by Gasteiger charge is -2.23. The minimum Gasteiger partial charge on any atom is -0.496 e. The number of benzene rings is 1. The van der Waals surface area contributed by atoms with Gasteiger partial charge in [0.1, 0.15) is 5.75 Å². The maximum atomic E-state index is 12.8. The van der Waals surface area contributed by atoms with Crippen LogP contribution in [0.25, 0.3) is 0 Å². The third kappa shape index (κ3) is 3.86. The summed E-state index contributed by atoms with van der Waals surface area (Å²) in [5.41, 5.74) is 5.44. The van der Waals surface area contributed by atoms with E-state index < -0.39 is 11.7 Å². The molecule has 2 atom stereocenters. The number of rotatable bonds is 5. The molecule has 0 aliphatic heterocycles. The molecule has 0 aliphatic carbocycles. The van der Waals surface area contributed by atoms with Crippen molar-refractivity contribution < 1.29 is 17.9 Å². The SMILES string of the molecule is COc1ccc(C(F)(F)F)cc1C(C)C(C)CCN. The van der Waals surface area contributed by atoms with Crippen molar-refractivity contribution in [3.8, 4) is 5.75 Å². The van der Waals surface area contributed by atoms with Gasteiger partial charge in [0.15, 0.2) is 0 Å². The maximum Gasteiger partial charge on any atom is 0.416 e. The second-order valence-electron chi connectivity index (χ2n) is 4.80. The van der Waals surface area contributed by atoms with Crippen molar-refractivity contribution in [1.29, 1.82) is 0 Å². The summed E-state index contributed by atoms with van der Waals surface area (Å²) in [5.74, 6) is 0.646. The number of nitrogens with two attached hydrogens (primary N) is 1. The standard InChI is InChI=1S/C14H20F3NO/c1-9(6-7-18)10(2)12-8-11(14(15,16)17)4-5-13(12)19-3/h4-5,8-10H,6-7,18H2,1-3H3. The number of methoxy groups -OCH3 is 1. The number of hydrogen-bond donors (Lipinski definition) is 1. The van der Waals surface area contributed by atoms with Gasteiger partial charge in [-0.3, -0.25) is 0 Å². The van der Waals surface area contributed by atoms with Crippen molar-refractivity contribution in [2.24, 2.45) is 11.7 Å². The minimum atomic E-state index is -4.34. The van der Waals surface area contributed by atoms with Gasteiger partial charge in [0.25, 0.3) is 0 Å². The van der Waals surface area contributed by atoms with Crippen molar-refractivity contribution in [3.05, 3.63) is 29.3 Å². The fourth-order valence-electron chi connectivity index (χ4n) is 2.09. The van der Waals surface area contributed by atoms with Gasteiger partial charge >= 0.3 is 6.18 Å². The molecule has 0 heterocycles. The van der Waals surface area contributed by atoms with Crippen LogP contribution in [-0.2, 0) is 6.18 Å². The van der Waals surface area contributed by atoms with Crippen LogP contribution in [0.4, 0.5) is 13.2 Å². The van der Waals surface area contributed by atoms with Crippen LogP contribution in [0.2, 0.25) is 0 Å². The summed E-state index contributed by atoms with van der Waals surface area (Å²) in [7, 11) is 1.46. The maximum absolute atomic E-state index is 12.8.